The maximum Gasteiger partial charge on any atom is 0.123 e. The average Bonchev–Trinajstić information content (AvgIpc) is 2.76. The van der Waals surface area contributed by atoms with Gasteiger partial charge in [-0.2, -0.15) is 0 Å². The Hall–Kier alpha value is -1.26. The van der Waals surface area contributed by atoms with Crippen LogP contribution in [0.25, 0.3) is 0 Å². The summed E-state index contributed by atoms with van der Waals surface area (Å²) in [6, 6.07) is 6.90. The maximum atomic E-state index is 13.1. The van der Waals surface area contributed by atoms with E-state index in [0.717, 1.165) is 22.8 Å². The van der Waals surface area contributed by atoms with Gasteiger partial charge in [0.1, 0.15) is 10.8 Å². The lowest BCUT2D eigenvalue weighted by atomic mass is 9.82. The fourth-order valence-electron chi connectivity index (χ4n) is 2.25. The summed E-state index contributed by atoms with van der Waals surface area (Å²) >= 11 is 1.67. The van der Waals surface area contributed by atoms with Gasteiger partial charge in [0, 0.05) is 23.7 Å². The largest absolute Gasteiger partial charge is 0.303 e. The summed E-state index contributed by atoms with van der Waals surface area (Å²) in [5.41, 5.74) is 2.21. The van der Waals surface area contributed by atoms with E-state index in [2.05, 4.69) is 36.5 Å². The molecular weight excluding hydrogens is 271 g/mol. The lowest BCUT2D eigenvalue weighted by molar-refractivity contribution is 0.270. The molecule has 1 aromatic carbocycles. The molecule has 20 heavy (non-hydrogen) atoms. The van der Waals surface area contributed by atoms with Gasteiger partial charge >= 0.3 is 0 Å². The van der Waals surface area contributed by atoms with E-state index in [1.807, 2.05) is 19.1 Å². The van der Waals surface area contributed by atoms with E-state index < -0.39 is 0 Å². The highest BCUT2D eigenvalue weighted by molar-refractivity contribution is 7.09. The van der Waals surface area contributed by atoms with E-state index in [1.165, 1.54) is 12.1 Å². The van der Waals surface area contributed by atoms with Gasteiger partial charge in [0.15, 0.2) is 0 Å². The molecule has 2 aromatic rings. The number of rotatable bonds is 4. The van der Waals surface area contributed by atoms with Gasteiger partial charge in [0.2, 0.25) is 0 Å². The zero-order chi connectivity index (χ0) is 14.8. The van der Waals surface area contributed by atoms with Gasteiger partial charge in [-0.1, -0.05) is 32.9 Å². The SMILES string of the molecule is Cc1csc(CNC(c2ccc(F)cc2)C(C)(C)C)n1. The molecule has 108 valence electrons. The molecule has 0 amide bonds. The van der Waals surface area contributed by atoms with Crippen molar-refractivity contribution in [3.63, 3.8) is 0 Å². The zero-order valence-electron chi connectivity index (χ0n) is 12.4. The Labute approximate surface area is 124 Å². The lowest BCUT2D eigenvalue weighted by Gasteiger charge is -2.32. The van der Waals surface area contributed by atoms with Crippen molar-refractivity contribution in [2.45, 2.75) is 40.3 Å². The molecule has 0 fully saturated rings. The van der Waals surface area contributed by atoms with Crippen LogP contribution in [0, 0.1) is 18.2 Å². The first-order valence-electron chi connectivity index (χ1n) is 6.76. The number of thiazole rings is 1. The van der Waals surface area contributed by atoms with E-state index in [0.29, 0.717) is 0 Å². The first kappa shape index (κ1) is 15.1. The molecule has 1 aromatic heterocycles. The Morgan fingerprint density at radius 2 is 1.90 bits per heavy atom. The van der Waals surface area contributed by atoms with E-state index in [4.69, 9.17) is 0 Å². The Morgan fingerprint density at radius 3 is 2.40 bits per heavy atom. The van der Waals surface area contributed by atoms with Crippen LogP contribution < -0.4 is 5.32 Å². The van der Waals surface area contributed by atoms with Crippen molar-refractivity contribution in [2.24, 2.45) is 5.41 Å². The summed E-state index contributed by atoms with van der Waals surface area (Å²) in [7, 11) is 0. The normalized spacial score (nSPS) is 13.4. The number of hydrogen-bond acceptors (Lipinski definition) is 3. The number of halogens is 1. The first-order chi connectivity index (χ1) is 9.36. The molecule has 4 heteroatoms. The molecule has 2 nitrogen and oxygen atoms in total. The molecular formula is C16H21FN2S. The van der Waals surface area contributed by atoms with Crippen LogP contribution in [0.4, 0.5) is 4.39 Å². The molecule has 0 aliphatic carbocycles. The van der Waals surface area contributed by atoms with Crippen molar-refractivity contribution in [1.29, 1.82) is 0 Å². The van der Waals surface area contributed by atoms with Gasteiger partial charge in [-0.3, -0.25) is 0 Å². The highest BCUT2D eigenvalue weighted by atomic mass is 32.1. The van der Waals surface area contributed by atoms with Crippen molar-refractivity contribution in [2.75, 3.05) is 0 Å². The van der Waals surface area contributed by atoms with Gasteiger partial charge in [-0.05, 0) is 30.0 Å². The van der Waals surface area contributed by atoms with Crippen molar-refractivity contribution in [3.05, 3.63) is 51.7 Å². The number of aromatic nitrogens is 1. The maximum absolute atomic E-state index is 13.1. The molecule has 0 saturated heterocycles. The zero-order valence-corrected chi connectivity index (χ0v) is 13.2. The summed E-state index contributed by atoms with van der Waals surface area (Å²) in [4.78, 5) is 4.47. The Kier molecular flexibility index (Phi) is 4.55. The molecule has 1 heterocycles. The van der Waals surface area contributed by atoms with Crippen molar-refractivity contribution in [1.82, 2.24) is 10.3 Å². The molecule has 1 N–H and O–H groups in total. The number of aryl methyl sites for hydroxylation is 1. The number of nitrogens with zero attached hydrogens (tertiary/aromatic N) is 1. The molecule has 0 saturated carbocycles. The third kappa shape index (κ3) is 3.87. The predicted octanol–water partition coefficient (Wildman–Crippen LogP) is 4.47. The van der Waals surface area contributed by atoms with Crippen LogP contribution in [-0.2, 0) is 6.54 Å². The topological polar surface area (TPSA) is 24.9 Å². The Bertz CT molecular complexity index is 555. The lowest BCUT2D eigenvalue weighted by Crippen LogP contribution is -2.32. The number of benzene rings is 1. The van der Waals surface area contributed by atoms with Crippen LogP contribution in [0.5, 0.6) is 0 Å². The van der Waals surface area contributed by atoms with Crippen molar-refractivity contribution < 1.29 is 4.39 Å². The van der Waals surface area contributed by atoms with Gasteiger partial charge in [0.05, 0.1) is 0 Å². The second-order valence-electron chi connectivity index (χ2n) is 6.11. The minimum atomic E-state index is -0.197. The highest BCUT2D eigenvalue weighted by Gasteiger charge is 2.26. The van der Waals surface area contributed by atoms with Crippen molar-refractivity contribution in [3.8, 4) is 0 Å². The third-order valence-corrected chi connectivity index (χ3v) is 4.16. The summed E-state index contributed by atoms with van der Waals surface area (Å²) in [6.07, 6.45) is 0. The molecule has 0 radical (unpaired) electrons. The smallest absolute Gasteiger partial charge is 0.123 e. The summed E-state index contributed by atoms with van der Waals surface area (Å²) in [6.45, 7) is 9.28. The van der Waals surface area contributed by atoms with Crippen LogP contribution in [0.1, 0.15) is 43.1 Å². The number of nitrogens with one attached hydrogen (secondary N) is 1. The quantitative estimate of drug-likeness (QED) is 0.899. The van der Waals surface area contributed by atoms with Crippen LogP contribution in [-0.4, -0.2) is 4.98 Å². The van der Waals surface area contributed by atoms with Gasteiger partial charge in [-0.15, -0.1) is 11.3 Å². The first-order valence-corrected chi connectivity index (χ1v) is 7.64. The molecule has 0 bridgehead atoms. The minimum absolute atomic E-state index is 0.0458. The second kappa shape index (κ2) is 6.02. The molecule has 1 atom stereocenters. The van der Waals surface area contributed by atoms with Crippen LogP contribution in [0.3, 0.4) is 0 Å². The van der Waals surface area contributed by atoms with Gasteiger partial charge in [-0.25, -0.2) is 9.37 Å². The summed E-state index contributed by atoms with van der Waals surface area (Å²) < 4.78 is 13.1. The third-order valence-electron chi connectivity index (χ3n) is 3.19. The molecule has 1 unspecified atom stereocenters. The van der Waals surface area contributed by atoms with E-state index in [-0.39, 0.29) is 17.3 Å². The summed E-state index contributed by atoms with van der Waals surface area (Å²) in [5, 5.41) is 6.69. The van der Waals surface area contributed by atoms with E-state index in [9.17, 15) is 4.39 Å². The van der Waals surface area contributed by atoms with E-state index in [1.54, 1.807) is 11.3 Å². The molecule has 0 aliphatic heterocycles. The van der Waals surface area contributed by atoms with Crippen LogP contribution in [0.15, 0.2) is 29.6 Å². The monoisotopic (exact) mass is 292 g/mol. The standard InChI is InChI=1S/C16H21FN2S/c1-11-10-20-14(19-11)9-18-15(16(2,3)4)12-5-7-13(17)8-6-12/h5-8,10,15,18H,9H2,1-4H3. The second-order valence-corrected chi connectivity index (χ2v) is 7.06. The molecule has 0 spiro atoms. The predicted molar refractivity (Wildman–Crippen MR) is 82.3 cm³/mol. The minimum Gasteiger partial charge on any atom is -0.303 e. The highest BCUT2D eigenvalue weighted by Crippen LogP contribution is 2.33. The average molecular weight is 292 g/mol. The van der Waals surface area contributed by atoms with Gasteiger partial charge < -0.3 is 5.32 Å². The number of hydrogen-bond donors (Lipinski definition) is 1. The summed E-state index contributed by atoms with van der Waals surface area (Å²) in [5.74, 6) is -0.197. The van der Waals surface area contributed by atoms with Crippen LogP contribution >= 0.6 is 11.3 Å². The van der Waals surface area contributed by atoms with Crippen LogP contribution in [0.2, 0.25) is 0 Å². The van der Waals surface area contributed by atoms with Gasteiger partial charge in [0.25, 0.3) is 0 Å². The van der Waals surface area contributed by atoms with E-state index >= 15 is 0 Å². The Morgan fingerprint density at radius 1 is 1.25 bits per heavy atom. The molecule has 2 rings (SSSR count). The fourth-order valence-corrected chi connectivity index (χ4v) is 2.98. The fraction of sp³-hybridized carbons (Fsp3) is 0.438. The van der Waals surface area contributed by atoms with Crippen molar-refractivity contribution >= 4 is 11.3 Å². The molecule has 0 aliphatic rings. The Balaban J connectivity index is 2.14.